The summed E-state index contributed by atoms with van der Waals surface area (Å²) in [7, 11) is 0. The zero-order chi connectivity index (χ0) is 40.1. The Morgan fingerprint density at radius 1 is 0.340 bits per heavy atom. The van der Waals surface area contributed by atoms with Gasteiger partial charge in [-0.2, -0.15) is 0 Å². The van der Waals surface area contributed by atoms with Crippen LogP contribution in [0.3, 0.4) is 0 Å². The average molecular weight is 679 g/mol. The molecule has 0 saturated carbocycles. The van der Waals surface area contributed by atoms with Crippen molar-refractivity contribution in [3.8, 4) is 44.5 Å². The average Bonchev–Trinajstić information content (AvgIpc) is 3.65. The maximum Gasteiger partial charge on any atom is 0.136 e. The van der Waals surface area contributed by atoms with Crippen LogP contribution in [0.2, 0.25) is 0 Å². The highest BCUT2D eigenvalue weighted by atomic mass is 16.3. The monoisotopic (exact) mass is 678 g/mol. The molecule has 0 aliphatic carbocycles. The van der Waals surface area contributed by atoms with Gasteiger partial charge in [-0.05, 0) is 124 Å². The van der Waals surface area contributed by atoms with E-state index >= 15 is 0 Å². The molecule has 0 spiro atoms. The van der Waals surface area contributed by atoms with E-state index in [0.717, 1.165) is 65.3 Å². The highest BCUT2D eigenvalue weighted by Gasteiger charge is 2.17. The largest absolute Gasteiger partial charge is 0.456 e. The van der Waals surface area contributed by atoms with Crippen LogP contribution in [0.5, 0.6) is 0 Å². The van der Waals surface area contributed by atoms with Crippen molar-refractivity contribution in [2.45, 2.75) is 0 Å². The molecule has 0 saturated heterocycles. The molecule has 0 aliphatic heterocycles. The van der Waals surface area contributed by atoms with Gasteiger partial charge in [0.15, 0.2) is 0 Å². The third kappa shape index (κ3) is 4.79. The molecule has 1 heteroatoms. The number of fused-ring (bicyclic) bond motifs is 7. The number of benzene rings is 10. The van der Waals surface area contributed by atoms with Gasteiger partial charge in [0.05, 0.1) is 8.22 Å². The van der Waals surface area contributed by atoms with Gasteiger partial charge < -0.3 is 4.42 Å². The Balaban J connectivity index is 1.12. The SMILES string of the molecule is [2H]c1c(-c2c3ccccc3c(-c3ccccc3)c3ccccc23)c([2H])c2c([2H])c([2H])c(-c3ccc4c(c3)oc3cccc(-c5ccc6ccccc6c5)c34)c([2H])c2c1[2H]. The minimum Gasteiger partial charge on any atom is -0.456 e. The molecule has 1 nitrogen and oxygen atoms in total. The summed E-state index contributed by atoms with van der Waals surface area (Å²) in [5.41, 5.74) is 6.90. The van der Waals surface area contributed by atoms with Crippen LogP contribution in [0.15, 0.2) is 198 Å². The van der Waals surface area contributed by atoms with Gasteiger partial charge in [-0.3, -0.25) is 0 Å². The summed E-state index contributed by atoms with van der Waals surface area (Å²) in [4.78, 5) is 0. The van der Waals surface area contributed by atoms with Crippen LogP contribution in [0, 0.1) is 0 Å². The zero-order valence-electron chi connectivity index (χ0n) is 34.4. The van der Waals surface area contributed by atoms with Crippen LogP contribution in [0.4, 0.5) is 0 Å². The van der Waals surface area contributed by atoms with Gasteiger partial charge >= 0.3 is 0 Å². The lowest BCUT2D eigenvalue weighted by Gasteiger charge is -2.18. The molecule has 0 atom stereocenters. The first-order valence-corrected chi connectivity index (χ1v) is 17.8. The van der Waals surface area contributed by atoms with Crippen LogP contribution >= 0.6 is 0 Å². The molecule has 1 heterocycles. The first-order chi connectivity index (χ1) is 28.8. The molecule has 0 radical (unpaired) electrons. The fraction of sp³-hybridized carbons (Fsp3) is 0. The Bertz CT molecular complexity index is 3510. The molecule has 0 aliphatic rings. The summed E-state index contributed by atoms with van der Waals surface area (Å²) < 4.78 is 63.3. The van der Waals surface area contributed by atoms with Crippen LogP contribution in [0.1, 0.15) is 8.22 Å². The molecule has 0 unspecified atom stereocenters. The second-order valence-electron chi connectivity index (χ2n) is 13.5. The second kappa shape index (κ2) is 11.8. The topological polar surface area (TPSA) is 13.1 Å². The predicted octanol–water partition coefficient (Wildman–Crippen LogP) is 14.9. The summed E-state index contributed by atoms with van der Waals surface area (Å²) in [5, 5.41) is 7.67. The fourth-order valence-electron chi connectivity index (χ4n) is 8.04. The molecule has 11 rings (SSSR count). The normalized spacial score (nSPS) is 13.4. The summed E-state index contributed by atoms with van der Waals surface area (Å²) in [5.74, 6) is 0. The van der Waals surface area contributed by atoms with Crippen molar-refractivity contribution in [1.82, 2.24) is 0 Å². The number of hydrogen-bond acceptors (Lipinski definition) is 1. The van der Waals surface area contributed by atoms with Crippen molar-refractivity contribution >= 4 is 65.0 Å². The summed E-state index contributed by atoms with van der Waals surface area (Å²) in [6.45, 7) is 0. The minimum atomic E-state index is -0.261. The summed E-state index contributed by atoms with van der Waals surface area (Å²) in [6, 6.07) is 51.0. The zero-order valence-corrected chi connectivity index (χ0v) is 28.4. The molecule has 0 N–H and O–H groups in total. The molecule has 11 aromatic rings. The molecule has 0 amide bonds. The third-order valence-corrected chi connectivity index (χ3v) is 10.5. The van der Waals surface area contributed by atoms with Crippen LogP contribution in [-0.2, 0) is 0 Å². The molecule has 1 aromatic heterocycles. The molecule has 0 fully saturated rings. The van der Waals surface area contributed by atoms with Crippen molar-refractivity contribution < 1.29 is 12.6 Å². The lowest BCUT2D eigenvalue weighted by Crippen LogP contribution is -1.90. The number of rotatable bonds is 4. The third-order valence-electron chi connectivity index (χ3n) is 10.5. The Labute approximate surface area is 315 Å². The van der Waals surface area contributed by atoms with Crippen LogP contribution in [-0.4, -0.2) is 0 Å². The van der Waals surface area contributed by atoms with E-state index in [4.69, 9.17) is 4.42 Å². The van der Waals surface area contributed by atoms with Crippen molar-refractivity contribution in [2.75, 3.05) is 0 Å². The van der Waals surface area contributed by atoms with Crippen molar-refractivity contribution in [3.05, 3.63) is 194 Å². The Morgan fingerprint density at radius 2 is 0.943 bits per heavy atom. The Hall–Kier alpha value is -6.96. The predicted molar refractivity (Wildman–Crippen MR) is 225 cm³/mol. The smallest absolute Gasteiger partial charge is 0.136 e. The first kappa shape index (κ1) is 24.3. The highest BCUT2D eigenvalue weighted by molar-refractivity contribution is 6.22. The van der Waals surface area contributed by atoms with Crippen molar-refractivity contribution in [3.63, 3.8) is 0 Å². The van der Waals surface area contributed by atoms with Gasteiger partial charge in [-0.1, -0.05) is 158 Å². The van der Waals surface area contributed by atoms with E-state index in [-0.39, 0.29) is 58.2 Å². The van der Waals surface area contributed by atoms with Gasteiger partial charge in [0.25, 0.3) is 0 Å². The summed E-state index contributed by atoms with van der Waals surface area (Å²) >= 11 is 0. The lowest BCUT2D eigenvalue weighted by molar-refractivity contribution is 0.669. The van der Waals surface area contributed by atoms with E-state index in [1.165, 1.54) is 0 Å². The van der Waals surface area contributed by atoms with E-state index in [1.54, 1.807) is 6.07 Å². The fourth-order valence-corrected chi connectivity index (χ4v) is 8.04. The van der Waals surface area contributed by atoms with Gasteiger partial charge in [0, 0.05) is 10.8 Å². The molecular formula is C52H32O. The van der Waals surface area contributed by atoms with E-state index in [9.17, 15) is 8.22 Å². The van der Waals surface area contributed by atoms with E-state index in [1.807, 2.05) is 103 Å². The minimum absolute atomic E-state index is 0.0116. The van der Waals surface area contributed by atoms with Crippen LogP contribution < -0.4 is 0 Å². The Kier molecular flexibility index (Phi) is 5.40. The first-order valence-electron chi connectivity index (χ1n) is 20.8. The van der Waals surface area contributed by atoms with Gasteiger partial charge in [0.2, 0.25) is 0 Å². The van der Waals surface area contributed by atoms with Crippen molar-refractivity contribution in [1.29, 1.82) is 0 Å². The standard InChI is InChI=1S/C52H32O/c1-2-12-34(13-3-1)50-43-15-6-8-17-45(43)51(46-18-9-7-16-44(46)50)41-26-24-36-29-37(22-23-38(36)31-41)39-27-28-47-49(32-39)53-48-20-10-19-42(52(47)48)40-25-21-33-11-4-5-14-35(33)30-40/h1-32H/i22D,23D,24D,26D,29D,31D. The quantitative estimate of drug-likeness (QED) is 0.169. The van der Waals surface area contributed by atoms with Gasteiger partial charge in [-0.15, -0.1) is 0 Å². The maximum absolute atomic E-state index is 9.69. The van der Waals surface area contributed by atoms with E-state index in [2.05, 4.69) is 48.5 Å². The molecular weight excluding hydrogens is 641 g/mol. The van der Waals surface area contributed by atoms with Gasteiger partial charge in [-0.25, -0.2) is 0 Å². The highest BCUT2D eigenvalue weighted by Crippen LogP contribution is 2.44. The van der Waals surface area contributed by atoms with Crippen LogP contribution in [0.25, 0.3) is 110 Å². The summed E-state index contributed by atoms with van der Waals surface area (Å²) in [6.07, 6.45) is 0. The molecule has 0 bridgehead atoms. The van der Waals surface area contributed by atoms with E-state index in [0.29, 0.717) is 22.3 Å². The second-order valence-corrected chi connectivity index (χ2v) is 13.5. The number of hydrogen-bond donors (Lipinski definition) is 0. The van der Waals surface area contributed by atoms with E-state index < -0.39 is 0 Å². The molecule has 246 valence electrons. The maximum atomic E-state index is 9.69. The van der Waals surface area contributed by atoms with Gasteiger partial charge in [0.1, 0.15) is 11.2 Å². The Morgan fingerprint density at radius 3 is 1.68 bits per heavy atom. The van der Waals surface area contributed by atoms with Crippen molar-refractivity contribution in [2.24, 2.45) is 0 Å². The lowest BCUT2D eigenvalue weighted by atomic mass is 9.85. The molecule has 10 aromatic carbocycles. The number of furan rings is 1. The molecule has 53 heavy (non-hydrogen) atoms.